The molecule has 1 aromatic heterocycles. The predicted molar refractivity (Wildman–Crippen MR) is 89.6 cm³/mol. The number of rotatable bonds is 3. The largest absolute Gasteiger partial charge is 0.388 e. The Morgan fingerprint density at radius 2 is 1.96 bits per heavy atom. The third-order valence-corrected chi connectivity index (χ3v) is 5.11. The monoisotopic (exact) mass is 321 g/mol. The van der Waals surface area contributed by atoms with Gasteiger partial charge in [-0.3, -0.25) is 9.36 Å². The average Bonchev–Trinajstić information content (AvgIpc) is 2.53. The van der Waals surface area contributed by atoms with Gasteiger partial charge in [0.15, 0.2) is 0 Å². The van der Waals surface area contributed by atoms with Crippen LogP contribution in [0.25, 0.3) is 0 Å². The molecule has 7 nitrogen and oxygen atoms in total. The minimum absolute atomic E-state index is 0.0998. The molecule has 2 aliphatic heterocycles. The van der Waals surface area contributed by atoms with Crippen LogP contribution in [0.1, 0.15) is 25.7 Å². The third-order valence-electron chi connectivity index (χ3n) is 5.11. The lowest BCUT2D eigenvalue weighted by molar-refractivity contribution is -0.0299. The van der Waals surface area contributed by atoms with Crippen LogP contribution in [0, 0.1) is 0 Å². The minimum Gasteiger partial charge on any atom is -0.388 e. The van der Waals surface area contributed by atoms with Gasteiger partial charge in [0.05, 0.1) is 18.5 Å². The molecular formula is C16H27N5O2. The SMILES string of the molecule is CN1CCC(O)(Cn2cnc(N3CCC(N)CC3)cc2=O)CC1. The molecular weight excluding hydrogens is 294 g/mol. The van der Waals surface area contributed by atoms with E-state index in [0.29, 0.717) is 25.2 Å². The van der Waals surface area contributed by atoms with Gasteiger partial charge in [-0.15, -0.1) is 0 Å². The molecule has 3 N–H and O–H groups in total. The van der Waals surface area contributed by atoms with Crippen LogP contribution >= 0.6 is 0 Å². The van der Waals surface area contributed by atoms with Crippen molar-refractivity contribution >= 4 is 5.82 Å². The average molecular weight is 321 g/mol. The molecule has 0 saturated carbocycles. The molecule has 2 aliphatic rings. The second-order valence-electron chi connectivity index (χ2n) is 7.07. The molecule has 3 heterocycles. The number of aliphatic hydroxyl groups is 1. The number of aromatic nitrogens is 2. The molecule has 0 aliphatic carbocycles. The van der Waals surface area contributed by atoms with Crippen molar-refractivity contribution in [3.8, 4) is 0 Å². The molecule has 3 rings (SSSR count). The van der Waals surface area contributed by atoms with E-state index in [2.05, 4.69) is 14.8 Å². The maximum absolute atomic E-state index is 12.4. The molecule has 0 radical (unpaired) electrons. The molecule has 0 amide bonds. The fourth-order valence-electron chi connectivity index (χ4n) is 3.35. The van der Waals surface area contributed by atoms with E-state index in [4.69, 9.17) is 5.73 Å². The van der Waals surface area contributed by atoms with Gasteiger partial charge >= 0.3 is 0 Å². The number of hydrogen-bond acceptors (Lipinski definition) is 6. The molecule has 0 spiro atoms. The highest BCUT2D eigenvalue weighted by atomic mass is 16.3. The molecule has 7 heteroatoms. The number of likely N-dealkylation sites (tertiary alicyclic amines) is 1. The Kier molecular flexibility index (Phi) is 4.70. The molecule has 0 atom stereocenters. The van der Waals surface area contributed by atoms with E-state index in [9.17, 15) is 9.90 Å². The summed E-state index contributed by atoms with van der Waals surface area (Å²) in [6.45, 7) is 3.70. The first kappa shape index (κ1) is 16.4. The molecule has 0 aromatic carbocycles. The van der Waals surface area contributed by atoms with Gasteiger partial charge in [0.2, 0.25) is 0 Å². The van der Waals surface area contributed by atoms with E-state index in [1.54, 1.807) is 12.4 Å². The van der Waals surface area contributed by atoms with Crippen LogP contribution in [0.15, 0.2) is 17.2 Å². The van der Waals surface area contributed by atoms with Gasteiger partial charge in [0.25, 0.3) is 5.56 Å². The number of piperidine rings is 2. The van der Waals surface area contributed by atoms with E-state index < -0.39 is 5.60 Å². The Labute approximate surface area is 136 Å². The van der Waals surface area contributed by atoms with Crippen LogP contribution in [0.4, 0.5) is 5.82 Å². The minimum atomic E-state index is -0.808. The third kappa shape index (κ3) is 3.91. The fourth-order valence-corrected chi connectivity index (χ4v) is 3.35. The highest BCUT2D eigenvalue weighted by Gasteiger charge is 2.32. The summed E-state index contributed by atoms with van der Waals surface area (Å²) in [5.41, 5.74) is 5.01. The molecule has 0 unspecified atom stereocenters. The topological polar surface area (TPSA) is 87.6 Å². The molecule has 2 fully saturated rings. The van der Waals surface area contributed by atoms with E-state index in [0.717, 1.165) is 39.0 Å². The zero-order valence-electron chi connectivity index (χ0n) is 13.8. The van der Waals surface area contributed by atoms with Crippen molar-refractivity contribution in [3.63, 3.8) is 0 Å². The Morgan fingerprint density at radius 1 is 1.30 bits per heavy atom. The van der Waals surface area contributed by atoms with Crippen LogP contribution < -0.4 is 16.2 Å². The van der Waals surface area contributed by atoms with Crippen molar-refractivity contribution < 1.29 is 5.11 Å². The van der Waals surface area contributed by atoms with Gasteiger partial charge in [0.1, 0.15) is 5.82 Å². The van der Waals surface area contributed by atoms with Crippen molar-refractivity contribution in [2.75, 3.05) is 38.1 Å². The van der Waals surface area contributed by atoms with Gasteiger partial charge in [-0.1, -0.05) is 0 Å². The fraction of sp³-hybridized carbons (Fsp3) is 0.750. The Hall–Kier alpha value is -1.44. The Balaban J connectivity index is 1.69. The second-order valence-corrected chi connectivity index (χ2v) is 7.07. The first-order valence-corrected chi connectivity index (χ1v) is 8.43. The first-order valence-electron chi connectivity index (χ1n) is 8.43. The number of hydrogen-bond donors (Lipinski definition) is 2. The maximum atomic E-state index is 12.4. The summed E-state index contributed by atoms with van der Waals surface area (Å²) in [7, 11) is 2.05. The molecule has 23 heavy (non-hydrogen) atoms. The van der Waals surface area contributed by atoms with Crippen molar-refractivity contribution in [2.45, 2.75) is 43.9 Å². The number of nitrogens with two attached hydrogens (primary N) is 1. The summed E-state index contributed by atoms with van der Waals surface area (Å²) in [6, 6.07) is 1.83. The van der Waals surface area contributed by atoms with Gasteiger partial charge in [-0.25, -0.2) is 4.98 Å². The standard InChI is InChI=1S/C16H27N5O2/c1-19-8-4-16(23,5-9-19)11-21-12-18-14(10-15(21)22)20-6-2-13(17)3-7-20/h10,12-13,23H,2-9,11,17H2,1H3. The first-order chi connectivity index (χ1) is 11.0. The smallest absolute Gasteiger partial charge is 0.255 e. The van der Waals surface area contributed by atoms with Crippen molar-refractivity contribution in [3.05, 3.63) is 22.7 Å². The van der Waals surface area contributed by atoms with E-state index in [1.807, 2.05) is 7.05 Å². The summed E-state index contributed by atoms with van der Waals surface area (Å²) in [4.78, 5) is 21.1. The summed E-state index contributed by atoms with van der Waals surface area (Å²) in [5.74, 6) is 0.716. The van der Waals surface area contributed by atoms with Crippen molar-refractivity contribution in [1.82, 2.24) is 14.5 Å². The van der Waals surface area contributed by atoms with Gasteiger partial charge < -0.3 is 20.6 Å². The summed E-state index contributed by atoms with van der Waals surface area (Å²) >= 11 is 0. The molecule has 0 bridgehead atoms. The number of anilines is 1. The zero-order chi connectivity index (χ0) is 16.4. The highest BCUT2D eigenvalue weighted by Crippen LogP contribution is 2.23. The second kappa shape index (κ2) is 6.59. The summed E-state index contributed by atoms with van der Waals surface area (Å²) in [5, 5.41) is 10.7. The summed E-state index contributed by atoms with van der Waals surface area (Å²) in [6.07, 6.45) is 4.79. The van der Waals surface area contributed by atoms with Crippen LogP contribution in [0.5, 0.6) is 0 Å². The van der Waals surface area contributed by atoms with Crippen LogP contribution in [0.3, 0.4) is 0 Å². The van der Waals surface area contributed by atoms with Crippen LogP contribution in [-0.2, 0) is 6.54 Å². The lowest BCUT2D eigenvalue weighted by Crippen LogP contribution is -2.47. The lowest BCUT2D eigenvalue weighted by Gasteiger charge is -2.36. The van der Waals surface area contributed by atoms with Crippen molar-refractivity contribution in [1.29, 1.82) is 0 Å². The maximum Gasteiger partial charge on any atom is 0.255 e. The zero-order valence-corrected chi connectivity index (χ0v) is 13.8. The Bertz CT molecular complexity index is 586. The quantitative estimate of drug-likeness (QED) is 0.790. The lowest BCUT2D eigenvalue weighted by atomic mass is 9.91. The Morgan fingerprint density at radius 3 is 2.57 bits per heavy atom. The van der Waals surface area contributed by atoms with E-state index in [1.165, 1.54) is 4.57 Å². The van der Waals surface area contributed by atoms with Gasteiger partial charge in [-0.05, 0) is 32.7 Å². The van der Waals surface area contributed by atoms with E-state index in [-0.39, 0.29) is 11.6 Å². The molecule has 1 aromatic rings. The van der Waals surface area contributed by atoms with Crippen molar-refractivity contribution in [2.24, 2.45) is 5.73 Å². The molecule has 2 saturated heterocycles. The van der Waals surface area contributed by atoms with Crippen LogP contribution in [0.2, 0.25) is 0 Å². The highest BCUT2D eigenvalue weighted by molar-refractivity contribution is 5.37. The van der Waals surface area contributed by atoms with Gasteiger partial charge in [-0.2, -0.15) is 0 Å². The summed E-state index contributed by atoms with van der Waals surface area (Å²) < 4.78 is 1.53. The molecule has 128 valence electrons. The van der Waals surface area contributed by atoms with Crippen LogP contribution in [-0.4, -0.2) is 64.4 Å². The normalized spacial score (nSPS) is 23.2. The number of nitrogens with zero attached hydrogens (tertiary/aromatic N) is 4. The van der Waals surface area contributed by atoms with E-state index >= 15 is 0 Å². The van der Waals surface area contributed by atoms with Gasteiger partial charge in [0, 0.05) is 38.3 Å². The predicted octanol–water partition coefficient (Wildman–Crippen LogP) is -0.372.